The Morgan fingerprint density at radius 1 is 1.04 bits per heavy atom. The molecule has 27 heavy (non-hydrogen) atoms. The van der Waals surface area contributed by atoms with Crippen molar-refractivity contribution in [1.82, 2.24) is 4.98 Å². The first kappa shape index (κ1) is 22.3. The maximum atomic E-state index is 12.7. The molecule has 3 N–H and O–H groups in total. The van der Waals surface area contributed by atoms with Crippen LogP contribution >= 0.6 is 24.8 Å². The number of fused-ring (bicyclic) bond motifs is 2. The number of hydrogen-bond donors (Lipinski definition) is 2. The third kappa shape index (κ3) is 5.07. The quantitative estimate of drug-likeness (QED) is 0.783. The van der Waals surface area contributed by atoms with Gasteiger partial charge in [0.05, 0.1) is 11.9 Å². The molecule has 2 heterocycles. The predicted molar refractivity (Wildman–Crippen MR) is 115 cm³/mol. The molecule has 2 atom stereocenters. The van der Waals surface area contributed by atoms with E-state index in [0.29, 0.717) is 23.7 Å². The Bertz CT molecular complexity index is 593. The van der Waals surface area contributed by atoms with Gasteiger partial charge in [0.1, 0.15) is 5.82 Å². The number of nitrogens with one attached hydrogen (secondary N) is 1. The molecule has 1 aromatic heterocycles. The molecule has 0 spiro atoms. The lowest BCUT2D eigenvalue weighted by Gasteiger charge is -2.43. The zero-order valence-electron chi connectivity index (χ0n) is 15.8. The summed E-state index contributed by atoms with van der Waals surface area (Å²) in [6.45, 7) is 2.22. The summed E-state index contributed by atoms with van der Waals surface area (Å²) in [4.78, 5) is 19.5. The molecule has 7 heteroatoms. The van der Waals surface area contributed by atoms with E-state index in [1.54, 1.807) is 0 Å². The third-order valence-corrected chi connectivity index (χ3v) is 6.50. The van der Waals surface area contributed by atoms with Crippen molar-refractivity contribution in [2.75, 3.05) is 23.3 Å². The number of carbonyl (C=O) groups excluding carboxylic acids is 1. The zero-order valence-corrected chi connectivity index (χ0v) is 17.4. The Labute approximate surface area is 174 Å². The van der Waals surface area contributed by atoms with Crippen molar-refractivity contribution < 1.29 is 4.79 Å². The van der Waals surface area contributed by atoms with Crippen molar-refractivity contribution in [3.63, 3.8) is 0 Å². The van der Waals surface area contributed by atoms with Crippen molar-refractivity contribution in [1.29, 1.82) is 0 Å². The van der Waals surface area contributed by atoms with Crippen LogP contribution in [0.25, 0.3) is 0 Å². The van der Waals surface area contributed by atoms with Crippen LogP contribution < -0.4 is 16.0 Å². The molecule has 2 bridgehead atoms. The Morgan fingerprint density at radius 3 is 2.30 bits per heavy atom. The number of carbonyl (C=O) groups is 1. The molecule has 1 amide bonds. The summed E-state index contributed by atoms with van der Waals surface area (Å²) in [5, 5.41) is 3.04. The van der Waals surface area contributed by atoms with Gasteiger partial charge in [0.15, 0.2) is 0 Å². The summed E-state index contributed by atoms with van der Waals surface area (Å²) in [6.07, 6.45) is 11.3. The molecular formula is C20H32Cl2N4O. The molecule has 3 aliphatic rings. The van der Waals surface area contributed by atoms with E-state index in [4.69, 9.17) is 5.73 Å². The SMILES string of the molecule is Cl.Cl.NC1C2CCCC1CC(C(=O)Nc1ccc(N3CCCCC3)cn1)C2. The first-order chi connectivity index (χ1) is 12.2. The van der Waals surface area contributed by atoms with Crippen LogP contribution in [0.2, 0.25) is 0 Å². The molecule has 2 saturated carbocycles. The summed E-state index contributed by atoms with van der Waals surface area (Å²) in [5.41, 5.74) is 7.50. The molecule has 3 fully saturated rings. The summed E-state index contributed by atoms with van der Waals surface area (Å²) in [7, 11) is 0. The molecular weight excluding hydrogens is 383 g/mol. The van der Waals surface area contributed by atoms with Crippen LogP contribution in [0.3, 0.4) is 0 Å². The van der Waals surface area contributed by atoms with Gasteiger partial charge in [0.25, 0.3) is 0 Å². The molecule has 1 aliphatic heterocycles. The van der Waals surface area contributed by atoms with Gasteiger partial charge in [-0.3, -0.25) is 4.79 Å². The van der Waals surface area contributed by atoms with Crippen molar-refractivity contribution in [3.05, 3.63) is 18.3 Å². The Kier molecular flexibility index (Phi) is 8.20. The number of halogens is 2. The fourth-order valence-electron chi connectivity index (χ4n) is 5.03. The number of rotatable bonds is 3. The van der Waals surface area contributed by atoms with E-state index >= 15 is 0 Å². The molecule has 2 unspecified atom stereocenters. The van der Waals surface area contributed by atoms with Crippen LogP contribution in [0.4, 0.5) is 11.5 Å². The van der Waals surface area contributed by atoms with Crippen molar-refractivity contribution in [2.24, 2.45) is 23.5 Å². The van der Waals surface area contributed by atoms with Crippen molar-refractivity contribution in [2.45, 2.75) is 57.4 Å². The van der Waals surface area contributed by atoms with E-state index in [1.807, 2.05) is 12.3 Å². The number of anilines is 2. The largest absolute Gasteiger partial charge is 0.370 e. The zero-order chi connectivity index (χ0) is 17.2. The van der Waals surface area contributed by atoms with Gasteiger partial charge in [-0.1, -0.05) is 6.42 Å². The van der Waals surface area contributed by atoms with Crippen LogP contribution in [0, 0.1) is 17.8 Å². The fraction of sp³-hybridized carbons (Fsp3) is 0.700. The lowest BCUT2D eigenvalue weighted by molar-refractivity contribution is -0.122. The summed E-state index contributed by atoms with van der Waals surface area (Å²) >= 11 is 0. The maximum absolute atomic E-state index is 12.7. The minimum atomic E-state index is 0. The van der Waals surface area contributed by atoms with E-state index < -0.39 is 0 Å². The number of nitrogens with two attached hydrogens (primary N) is 1. The number of aromatic nitrogens is 1. The molecule has 4 rings (SSSR count). The maximum Gasteiger partial charge on any atom is 0.228 e. The highest BCUT2D eigenvalue weighted by Crippen LogP contribution is 2.42. The van der Waals surface area contributed by atoms with E-state index in [2.05, 4.69) is 21.3 Å². The second-order valence-corrected chi connectivity index (χ2v) is 8.14. The summed E-state index contributed by atoms with van der Waals surface area (Å²) < 4.78 is 0. The van der Waals surface area contributed by atoms with Crippen LogP contribution in [0.1, 0.15) is 51.4 Å². The normalized spacial score (nSPS) is 29.9. The Balaban J connectivity index is 0.00000131. The predicted octanol–water partition coefficient (Wildman–Crippen LogP) is 4.01. The number of pyridine rings is 1. The van der Waals surface area contributed by atoms with Gasteiger partial charge in [0, 0.05) is 25.0 Å². The lowest BCUT2D eigenvalue weighted by Crippen LogP contribution is -2.48. The number of nitrogens with zero attached hydrogens (tertiary/aromatic N) is 2. The standard InChI is InChI=1S/C20H30N4O.2ClH/c21-19-14-5-4-6-15(19)12-16(11-14)20(25)23-18-8-7-17(13-22-18)24-9-2-1-3-10-24;;/h7-8,13-16,19H,1-6,9-12,21H2,(H,22,23,25);2*1H. The summed E-state index contributed by atoms with van der Waals surface area (Å²) in [5.74, 6) is 1.95. The molecule has 0 aromatic carbocycles. The second kappa shape index (κ2) is 9.94. The van der Waals surface area contributed by atoms with E-state index in [0.717, 1.165) is 31.6 Å². The van der Waals surface area contributed by atoms with E-state index in [1.165, 1.54) is 38.5 Å². The van der Waals surface area contributed by atoms with Crippen LogP contribution in [0.5, 0.6) is 0 Å². The third-order valence-electron chi connectivity index (χ3n) is 6.50. The number of amides is 1. The highest BCUT2D eigenvalue weighted by atomic mass is 35.5. The average Bonchev–Trinajstić information content (AvgIpc) is 2.63. The molecule has 0 radical (unpaired) electrons. The molecule has 2 aliphatic carbocycles. The van der Waals surface area contributed by atoms with Gasteiger partial charge in [-0.15, -0.1) is 24.8 Å². The minimum Gasteiger partial charge on any atom is -0.370 e. The smallest absolute Gasteiger partial charge is 0.228 e. The number of hydrogen-bond acceptors (Lipinski definition) is 4. The van der Waals surface area contributed by atoms with Crippen molar-refractivity contribution in [3.8, 4) is 0 Å². The van der Waals surface area contributed by atoms with E-state index in [9.17, 15) is 4.79 Å². The van der Waals surface area contributed by atoms with E-state index in [-0.39, 0.29) is 36.6 Å². The van der Waals surface area contributed by atoms with Gasteiger partial charge < -0.3 is 16.0 Å². The van der Waals surface area contributed by atoms with Gasteiger partial charge >= 0.3 is 0 Å². The van der Waals surface area contributed by atoms with Crippen LogP contribution in [0.15, 0.2) is 18.3 Å². The van der Waals surface area contributed by atoms with Crippen LogP contribution in [-0.4, -0.2) is 30.0 Å². The Morgan fingerprint density at radius 2 is 1.70 bits per heavy atom. The molecule has 5 nitrogen and oxygen atoms in total. The number of piperidine rings is 1. The van der Waals surface area contributed by atoms with Gasteiger partial charge in [-0.25, -0.2) is 4.98 Å². The van der Waals surface area contributed by atoms with Crippen molar-refractivity contribution >= 4 is 42.2 Å². The summed E-state index contributed by atoms with van der Waals surface area (Å²) in [6, 6.07) is 4.33. The highest BCUT2D eigenvalue weighted by molar-refractivity contribution is 5.91. The average molecular weight is 415 g/mol. The second-order valence-electron chi connectivity index (χ2n) is 8.14. The highest BCUT2D eigenvalue weighted by Gasteiger charge is 2.40. The topological polar surface area (TPSA) is 71.2 Å². The van der Waals surface area contributed by atoms with Gasteiger partial charge in [-0.05, 0) is 68.9 Å². The monoisotopic (exact) mass is 414 g/mol. The van der Waals surface area contributed by atoms with Gasteiger partial charge in [0.2, 0.25) is 5.91 Å². The first-order valence-electron chi connectivity index (χ1n) is 9.98. The van der Waals surface area contributed by atoms with Crippen LogP contribution in [-0.2, 0) is 4.79 Å². The molecule has 1 aromatic rings. The lowest BCUT2D eigenvalue weighted by atomic mass is 9.65. The minimum absolute atomic E-state index is 0. The molecule has 1 saturated heterocycles. The molecule has 152 valence electrons. The first-order valence-corrected chi connectivity index (χ1v) is 9.98. The fourth-order valence-corrected chi connectivity index (χ4v) is 5.03. The Hall–Kier alpha value is -1.04. The van der Waals surface area contributed by atoms with Gasteiger partial charge in [-0.2, -0.15) is 0 Å².